The first-order chi connectivity index (χ1) is 15.5. The van der Waals surface area contributed by atoms with Gasteiger partial charge in [0.25, 0.3) is 0 Å². The van der Waals surface area contributed by atoms with Crippen molar-refractivity contribution in [2.75, 3.05) is 12.0 Å². The lowest BCUT2D eigenvalue weighted by Gasteiger charge is -2.38. The minimum absolute atomic E-state index is 0.296. The normalized spacial score (nSPS) is 22.8. The predicted octanol–water partition coefficient (Wildman–Crippen LogP) is 4.60. The number of anilines is 1. The highest BCUT2D eigenvalue weighted by molar-refractivity contribution is 6.38. The van der Waals surface area contributed by atoms with E-state index in [0.29, 0.717) is 23.1 Å². The Morgan fingerprint density at radius 1 is 1.16 bits per heavy atom. The quantitative estimate of drug-likeness (QED) is 0.475. The second-order valence-corrected chi connectivity index (χ2v) is 9.30. The fourth-order valence-electron chi connectivity index (χ4n) is 5.51. The number of piperidine rings is 1. The highest BCUT2D eigenvalue weighted by Crippen LogP contribution is 2.40. The van der Waals surface area contributed by atoms with Crippen molar-refractivity contribution in [1.29, 1.82) is 0 Å². The Hall–Kier alpha value is -2.90. The minimum atomic E-state index is 0.296. The summed E-state index contributed by atoms with van der Waals surface area (Å²) in [5.74, 6) is 1.65. The smallest absolute Gasteiger partial charge is 0.159 e. The van der Waals surface area contributed by atoms with E-state index in [1.54, 1.807) is 7.11 Å². The van der Waals surface area contributed by atoms with Crippen LogP contribution in [-0.2, 0) is 0 Å². The highest BCUT2D eigenvalue weighted by Gasteiger charge is 2.40. The first kappa shape index (κ1) is 19.8. The Labute approximate surface area is 191 Å². The molecule has 5 heterocycles. The molecule has 0 radical (unpaired) electrons. The number of halogens is 1. The zero-order chi connectivity index (χ0) is 22.0. The van der Waals surface area contributed by atoms with E-state index in [-0.39, 0.29) is 0 Å². The van der Waals surface area contributed by atoms with Gasteiger partial charge in [-0.15, -0.1) is 0 Å². The van der Waals surface area contributed by atoms with Crippen LogP contribution < -0.4 is 15.4 Å². The average Bonchev–Trinajstić information content (AvgIpc) is 3.32. The first-order valence-corrected chi connectivity index (χ1v) is 11.4. The molecule has 0 aliphatic carbocycles. The second kappa shape index (κ2) is 7.32. The van der Waals surface area contributed by atoms with Crippen LogP contribution in [0, 0.1) is 6.92 Å². The number of aromatic nitrogens is 4. The molecule has 2 saturated heterocycles. The molecule has 4 aromatic rings. The zero-order valence-corrected chi connectivity index (χ0v) is 18.9. The molecule has 6 rings (SSSR count). The standard InChI is InChI=1S/C24H25ClN6O/c1-12-20(32-2)9-17-19(29-12)6-5-16(22(17)25)18-10-28-24-23(18)27-11-21(30-24)31-14-3-4-15(31)8-13(26)7-14/h5-6,9-11,13-15H,3-4,7-8,26H2,1-2H3,(H,28,30)/t13?,14-,15+. The summed E-state index contributed by atoms with van der Waals surface area (Å²) >= 11 is 6.85. The van der Waals surface area contributed by atoms with Crippen molar-refractivity contribution in [1.82, 2.24) is 19.9 Å². The summed E-state index contributed by atoms with van der Waals surface area (Å²) in [5.41, 5.74) is 11.3. The Balaban J connectivity index is 1.42. The largest absolute Gasteiger partial charge is 0.495 e. The second-order valence-electron chi connectivity index (χ2n) is 8.92. The molecular weight excluding hydrogens is 424 g/mol. The Kier molecular flexibility index (Phi) is 4.52. The molecule has 3 atom stereocenters. The number of nitrogens with zero attached hydrogens (tertiary/aromatic N) is 4. The van der Waals surface area contributed by atoms with Crippen molar-refractivity contribution < 1.29 is 4.74 Å². The van der Waals surface area contributed by atoms with Gasteiger partial charge in [0, 0.05) is 40.8 Å². The third-order valence-corrected chi connectivity index (χ3v) is 7.40. The molecule has 3 aromatic heterocycles. The van der Waals surface area contributed by atoms with Crippen molar-refractivity contribution >= 4 is 39.5 Å². The van der Waals surface area contributed by atoms with Crippen LogP contribution in [0.2, 0.25) is 5.02 Å². The summed E-state index contributed by atoms with van der Waals surface area (Å²) in [6, 6.07) is 7.15. The lowest BCUT2D eigenvalue weighted by Crippen LogP contribution is -2.47. The van der Waals surface area contributed by atoms with Gasteiger partial charge in [-0.1, -0.05) is 17.7 Å². The van der Waals surface area contributed by atoms with Crippen LogP contribution in [-0.4, -0.2) is 45.2 Å². The monoisotopic (exact) mass is 448 g/mol. The van der Waals surface area contributed by atoms with Gasteiger partial charge in [0.15, 0.2) is 5.65 Å². The maximum absolute atomic E-state index is 6.85. The van der Waals surface area contributed by atoms with Crippen molar-refractivity contribution in [3.63, 3.8) is 0 Å². The zero-order valence-electron chi connectivity index (χ0n) is 18.1. The third-order valence-electron chi connectivity index (χ3n) is 6.99. The molecule has 0 spiro atoms. The highest BCUT2D eigenvalue weighted by atomic mass is 35.5. The van der Waals surface area contributed by atoms with E-state index < -0.39 is 0 Å². The fourth-order valence-corrected chi connectivity index (χ4v) is 5.83. The van der Waals surface area contributed by atoms with Gasteiger partial charge < -0.3 is 20.4 Å². The predicted molar refractivity (Wildman–Crippen MR) is 127 cm³/mol. The van der Waals surface area contributed by atoms with E-state index in [1.165, 1.54) is 12.8 Å². The molecule has 3 N–H and O–H groups in total. The van der Waals surface area contributed by atoms with E-state index in [0.717, 1.165) is 63.3 Å². The van der Waals surface area contributed by atoms with Crippen LogP contribution in [0.4, 0.5) is 5.82 Å². The van der Waals surface area contributed by atoms with Crippen LogP contribution in [0.5, 0.6) is 5.75 Å². The molecule has 8 heteroatoms. The molecule has 164 valence electrons. The van der Waals surface area contributed by atoms with Crippen LogP contribution in [0.25, 0.3) is 33.2 Å². The van der Waals surface area contributed by atoms with Crippen molar-refractivity contribution in [2.24, 2.45) is 5.73 Å². The van der Waals surface area contributed by atoms with Crippen molar-refractivity contribution in [3.05, 3.63) is 41.3 Å². The van der Waals surface area contributed by atoms with Gasteiger partial charge >= 0.3 is 0 Å². The fraction of sp³-hybridized carbons (Fsp3) is 0.375. The molecule has 7 nitrogen and oxygen atoms in total. The number of H-pyrrole nitrogens is 1. The average molecular weight is 449 g/mol. The number of benzene rings is 1. The Bertz CT molecular complexity index is 1340. The summed E-state index contributed by atoms with van der Waals surface area (Å²) in [4.78, 5) is 20.1. The first-order valence-electron chi connectivity index (χ1n) is 11.1. The van der Waals surface area contributed by atoms with Crippen LogP contribution in [0.1, 0.15) is 31.4 Å². The number of aryl methyl sites for hydroxylation is 1. The molecule has 0 saturated carbocycles. The number of fused-ring (bicyclic) bond motifs is 4. The van der Waals surface area contributed by atoms with E-state index in [9.17, 15) is 0 Å². The number of aromatic amines is 1. The van der Waals surface area contributed by atoms with Crippen molar-refractivity contribution in [2.45, 2.75) is 50.7 Å². The Morgan fingerprint density at radius 3 is 2.69 bits per heavy atom. The van der Waals surface area contributed by atoms with E-state index in [4.69, 9.17) is 32.0 Å². The summed E-state index contributed by atoms with van der Waals surface area (Å²) in [6.07, 6.45) is 8.23. The molecule has 0 amide bonds. The summed E-state index contributed by atoms with van der Waals surface area (Å²) in [5, 5.41) is 1.48. The lowest BCUT2D eigenvalue weighted by atomic mass is 9.98. The maximum atomic E-state index is 6.85. The molecule has 2 aliphatic heterocycles. The van der Waals surface area contributed by atoms with E-state index >= 15 is 0 Å². The lowest BCUT2D eigenvalue weighted by molar-refractivity contribution is 0.410. The van der Waals surface area contributed by atoms with Gasteiger partial charge in [-0.05, 0) is 44.7 Å². The van der Waals surface area contributed by atoms with Gasteiger partial charge in [0.1, 0.15) is 17.1 Å². The van der Waals surface area contributed by atoms with Crippen molar-refractivity contribution in [3.8, 4) is 16.9 Å². The third kappa shape index (κ3) is 2.95. The van der Waals surface area contributed by atoms with E-state index in [1.807, 2.05) is 37.5 Å². The maximum Gasteiger partial charge on any atom is 0.159 e. The Morgan fingerprint density at radius 2 is 1.94 bits per heavy atom. The number of hydrogen-bond acceptors (Lipinski definition) is 6. The number of pyridine rings is 1. The number of nitrogens with two attached hydrogens (primary N) is 1. The molecular formula is C24H25ClN6O. The SMILES string of the molecule is COc1cc2c(Cl)c(-c3c[nH]c4nc(N5[C@@H]6CC[C@H]5CC(N)C6)cnc34)ccc2nc1C. The number of ether oxygens (including phenoxy) is 1. The summed E-state index contributed by atoms with van der Waals surface area (Å²) < 4.78 is 5.45. The molecule has 32 heavy (non-hydrogen) atoms. The number of methoxy groups -OCH3 is 1. The molecule has 2 aliphatic rings. The van der Waals surface area contributed by atoms with E-state index in [2.05, 4.69) is 14.9 Å². The summed E-state index contributed by atoms with van der Waals surface area (Å²) in [7, 11) is 1.64. The number of nitrogens with one attached hydrogen (secondary N) is 1. The number of hydrogen-bond donors (Lipinski definition) is 2. The molecule has 2 fully saturated rings. The van der Waals surface area contributed by atoms with Gasteiger partial charge in [-0.25, -0.2) is 15.0 Å². The topological polar surface area (TPSA) is 93.0 Å². The van der Waals surface area contributed by atoms with Gasteiger partial charge in [0.05, 0.1) is 29.5 Å². The van der Waals surface area contributed by atoms with Crippen LogP contribution >= 0.6 is 11.6 Å². The molecule has 2 bridgehead atoms. The van der Waals surface area contributed by atoms with Gasteiger partial charge in [-0.2, -0.15) is 0 Å². The number of rotatable bonds is 3. The van der Waals surface area contributed by atoms with Gasteiger partial charge in [0.2, 0.25) is 0 Å². The minimum Gasteiger partial charge on any atom is -0.495 e. The van der Waals surface area contributed by atoms with Gasteiger partial charge in [-0.3, -0.25) is 0 Å². The van der Waals surface area contributed by atoms with Crippen LogP contribution in [0.3, 0.4) is 0 Å². The molecule has 1 unspecified atom stereocenters. The van der Waals surface area contributed by atoms with Crippen LogP contribution in [0.15, 0.2) is 30.6 Å². The summed E-state index contributed by atoms with van der Waals surface area (Å²) in [6.45, 7) is 1.93. The molecule has 1 aromatic carbocycles.